The molecule has 1 N–H and O–H groups in total. The van der Waals surface area contributed by atoms with Crippen LogP contribution in [-0.4, -0.2) is 19.8 Å². The normalized spacial score (nSPS) is 10.5. The maximum absolute atomic E-state index is 5.94. The SMILES string of the molecule is c1ccc(CCCOc2cccc(NCc3ccc(OCCOc4ccccc4)cc3)c2)cc1. The standard InChI is InChI=1S/C30H31NO3/c1-3-9-25(10-4-1)11-8-20-32-30-15-7-12-27(23-30)31-24-26-16-18-29(19-17-26)34-22-21-33-28-13-5-2-6-14-28/h1-7,9-10,12-19,23,31H,8,11,20-22,24H2. The molecule has 0 atom stereocenters. The summed E-state index contributed by atoms with van der Waals surface area (Å²) in [5.41, 5.74) is 3.57. The Hall–Kier alpha value is -3.92. The Labute approximate surface area is 202 Å². The minimum absolute atomic E-state index is 0.505. The van der Waals surface area contributed by atoms with E-state index in [2.05, 4.69) is 47.8 Å². The number of hydrogen-bond acceptors (Lipinski definition) is 4. The maximum atomic E-state index is 5.94. The minimum atomic E-state index is 0.505. The fraction of sp³-hybridized carbons (Fsp3) is 0.200. The molecule has 4 aromatic carbocycles. The Morgan fingerprint density at radius 2 is 1.12 bits per heavy atom. The predicted octanol–water partition coefficient (Wildman–Crippen LogP) is 6.77. The molecule has 4 nitrogen and oxygen atoms in total. The van der Waals surface area contributed by atoms with E-state index >= 15 is 0 Å². The third-order valence-corrected chi connectivity index (χ3v) is 5.34. The second-order valence-electron chi connectivity index (χ2n) is 7.97. The Morgan fingerprint density at radius 1 is 0.500 bits per heavy atom. The van der Waals surface area contributed by atoms with E-state index in [-0.39, 0.29) is 0 Å². The molecule has 0 aliphatic heterocycles. The summed E-state index contributed by atoms with van der Waals surface area (Å²) in [6.45, 7) is 2.45. The summed E-state index contributed by atoms with van der Waals surface area (Å²) in [7, 11) is 0. The summed E-state index contributed by atoms with van der Waals surface area (Å²) >= 11 is 0. The zero-order valence-electron chi connectivity index (χ0n) is 19.4. The molecule has 0 saturated heterocycles. The van der Waals surface area contributed by atoms with Gasteiger partial charge in [-0.2, -0.15) is 0 Å². The number of ether oxygens (including phenoxy) is 3. The van der Waals surface area contributed by atoms with Crippen molar-refractivity contribution in [3.8, 4) is 17.2 Å². The van der Waals surface area contributed by atoms with E-state index < -0.39 is 0 Å². The van der Waals surface area contributed by atoms with E-state index in [1.54, 1.807) is 0 Å². The van der Waals surface area contributed by atoms with E-state index in [1.165, 1.54) is 11.1 Å². The number of hydrogen-bond donors (Lipinski definition) is 1. The lowest BCUT2D eigenvalue weighted by atomic mass is 10.1. The lowest BCUT2D eigenvalue weighted by Crippen LogP contribution is -2.09. The van der Waals surface area contributed by atoms with Gasteiger partial charge in [0.25, 0.3) is 0 Å². The zero-order chi connectivity index (χ0) is 23.3. The van der Waals surface area contributed by atoms with Crippen molar-refractivity contribution in [3.05, 3.63) is 120 Å². The predicted molar refractivity (Wildman–Crippen MR) is 138 cm³/mol. The van der Waals surface area contributed by atoms with E-state index in [9.17, 15) is 0 Å². The van der Waals surface area contributed by atoms with Gasteiger partial charge < -0.3 is 19.5 Å². The highest BCUT2D eigenvalue weighted by atomic mass is 16.5. The fourth-order valence-corrected chi connectivity index (χ4v) is 3.55. The highest BCUT2D eigenvalue weighted by Crippen LogP contribution is 2.19. The number of nitrogens with one attached hydrogen (secondary N) is 1. The van der Waals surface area contributed by atoms with Crippen LogP contribution in [0.2, 0.25) is 0 Å². The number of rotatable bonds is 13. The second kappa shape index (κ2) is 12.9. The number of benzene rings is 4. The van der Waals surface area contributed by atoms with Gasteiger partial charge in [-0.15, -0.1) is 0 Å². The molecule has 0 saturated carbocycles. The topological polar surface area (TPSA) is 39.7 Å². The quantitative estimate of drug-likeness (QED) is 0.227. The highest BCUT2D eigenvalue weighted by molar-refractivity contribution is 5.48. The van der Waals surface area contributed by atoms with E-state index in [0.29, 0.717) is 19.8 Å². The van der Waals surface area contributed by atoms with Crippen molar-refractivity contribution < 1.29 is 14.2 Å². The molecule has 0 fully saturated rings. The highest BCUT2D eigenvalue weighted by Gasteiger charge is 2.00. The largest absolute Gasteiger partial charge is 0.494 e. The molecule has 4 rings (SSSR count). The van der Waals surface area contributed by atoms with Gasteiger partial charge in [0, 0.05) is 18.3 Å². The molecular weight excluding hydrogens is 422 g/mol. The lowest BCUT2D eigenvalue weighted by molar-refractivity contribution is 0.217. The monoisotopic (exact) mass is 453 g/mol. The van der Waals surface area contributed by atoms with Crippen LogP contribution >= 0.6 is 0 Å². The van der Waals surface area contributed by atoms with E-state index in [1.807, 2.05) is 66.7 Å². The van der Waals surface area contributed by atoms with Crippen molar-refractivity contribution in [1.82, 2.24) is 0 Å². The zero-order valence-corrected chi connectivity index (χ0v) is 19.4. The maximum Gasteiger partial charge on any atom is 0.122 e. The molecule has 0 unspecified atom stereocenters. The molecule has 0 aromatic heterocycles. The molecule has 0 spiro atoms. The van der Waals surface area contributed by atoms with Gasteiger partial charge in [-0.3, -0.25) is 0 Å². The van der Waals surface area contributed by atoms with Crippen molar-refractivity contribution in [2.45, 2.75) is 19.4 Å². The molecule has 4 heteroatoms. The van der Waals surface area contributed by atoms with E-state index in [4.69, 9.17) is 14.2 Å². The van der Waals surface area contributed by atoms with Crippen molar-refractivity contribution in [2.24, 2.45) is 0 Å². The minimum Gasteiger partial charge on any atom is -0.494 e. The Bertz CT molecular complexity index is 1100. The molecule has 0 aliphatic carbocycles. The Kier molecular flexibility index (Phi) is 8.85. The first-order chi connectivity index (χ1) is 16.8. The van der Waals surface area contributed by atoms with Gasteiger partial charge in [0.1, 0.15) is 30.5 Å². The van der Waals surface area contributed by atoms with E-state index in [0.717, 1.165) is 42.3 Å². The summed E-state index contributed by atoms with van der Waals surface area (Å²) in [5.74, 6) is 2.58. The van der Waals surface area contributed by atoms with Crippen LogP contribution in [0.3, 0.4) is 0 Å². The van der Waals surface area contributed by atoms with Crippen LogP contribution in [0.15, 0.2) is 109 Å². The second-order valence-corrected chi connectivity index (χ2v) is 7.97. The molecule has 0 amide bonds. The summed E-state index contributed by atoms with van der Waals surface area (Å²) in [6.07, 6.45) is 2.02. The van der Waals surface area contributed by atoms with Crippen LogP contribution in [0.1, 0.15) is 17.5 Å². The van der Waals surface area contributed by atoms with Crippen LogP contribution in [0.25, 0.3) is 0 Å². The molecule has 0 heterocycles. The van der Waals surface area contributed by atoms with Crippen molar-refractivity contribution >= 4 is 5.69 Å². The van der Waals surface area contributed by atoms with Crippen LogP contribution < -0.4 is 19.5 Å². The van der Waals surface area contributed by atoms with Gasteiger partial charge in [-0.1, -0.05) is 66.7 Å². The molecular formula is C30H31NO3. The first-order valence-electron chi connectivity index (χ1n) is 11.8. The molecule has 0 aliphatic rings. The lowest BCUT2D eigenvalue weighted by Gasteiger charge is -2.11. The molecule has 34 heavy (non-hydrogen) atoms. The smallest absolute Gasteiger partial charge is 0.122 e. The van der Waals surface area contributed by atoms with Gasteiger partial charge >= 0.3 is 0 Å². The first-order valence-corrected chi connectivity index (χ1v) is 11.8. The number of anilines is 1. The molecule has 0 radical (unpaired) electrons. The van der Waals surface area contributed by atoms with Crippen molar-refractivity contribution in [1.29, 1.82) is 0 Å². The van der Waals surface area contributed by atoms with Crippen molar-refractivity contribution in [3.63, 3.8) is 0 Å². The van der Waals surface area contributed by atoms with Gasteiger partial charge in [-0.05, 0) is 60.4 Å². The average Bonchev–Trinajstić information content (AvgIpc) is 2.90. The number of aryl methyl sites for hydroxylation is 1. The summed E-state index contributed by atoms with van der Waals surface area (Å²) in [4.78, 5) is 0. The van der Waals surface area contributed by atoms with Crippen LogP contribution in [0, 0.1) is 0 Å². The van der Waals surface area contributed by atoms with Gasteiger partial charge in [-0.25, -0.2) is 0 Å². The average molecular weight is 454 g/mol. The van der Waals surface area contributed by atoms with Gasteiger partial charge in [0.2, 0.25) is 0 Å². The third kappa shape index (κ3) is 7.89. The van der Waals surface area contributed by atoms with Gasteiger partial charge in [0.05, 0.1) is 6.61 Å². The van der Waals surface area contributed by atoms with Gasteiger partial charge in [0.15, 0.2) is 0 Å². The third-order valence-electron chi connectivity index (χ3n) is 5.34. The molecule has 4 aromatic rings. The first kappa shape index (κ1) is 23.2. The summed E-state index contributed by atoms with van der Waals surface area (Å²) in [5, 5.41) is 3.47. The van der Waals surface area contributed by atoms with Crippen LogP contribution in [0.4, 0.5) is 5.69 Å². The van der Waals surface area contributed by atoms with Crippen molar-refractivity contribution in [2.75, 3.05) is 25.1 Å². The Balaban J connectivity index is 1.15. The Morgan fingerprint density at radius 3 is 1.85 bits per heavy atom. The number of para-hydroxylation sites is 1. The molecule has 174 valence electrons. The summed E-state index contributed by atoms with van der Waals surface area (Å²) in [6, 6.07) is 36.5. The van der Waals surface area contributed by atoms with Crippen LogP contribution in [0.5, 0.6) is 17.2 Å². The van der Waals surface area contributed by atoms with Crippen LogP contribution in [-0.2, 0) is 13.0 Å². The molecule has 0 bridgehead atoms. The summed E-state index contributed by atoms with van der Waals surface area (Å²) < 4.78 is 17.4. The fourth-order valence-electron chi connectivity index (χ4n) is 3.55.